The molecule has 0 aromatic rings. The van der Waals surface area contributed by atoms with Gasteiger partial charge in [-0.05, 0) is 47.6 Å². The van der Waals surface area contributed by atoms with E-state index in [0.29, 0.717) is 10.3 Å². The SMILES string of the molecule is CC(C)(C)[P+](C)(C1=CC=CC1)C(C)(C)C. The minimum Gasteiger partial charge on any atom is -0.0767 e. The molecule has 1 rings (SSSR count). The predicted octanol–water partition coefficient (Wildman–Crippen LogP) is 5.07. The van der Waals surface area contributed by atoms with Crippen LogP contribution in [0, 0.1) is 0 Å². The topological polar surface area (TPSA) is 0 Å². The zero-order valence-corrected chi connectivity index (χ0v) is 12.3. The summed E-state index contributed by atoms with van der Waals surface area (Å²) in [6.07, 6.45) is 8.07. The molecule has 0 N–H and O–H groups in total. The lowest BCUT2D eigenvalue weighted by Gasteiger charge is -2.45. The maximum absolute atomic E-state index is 2.53. The van der Waals surface area contributed by atoms with Crippen LogP contribution in [0.5, 0.6) is 0 Å². The van der Waals surface area contributed by atoms with E-state index in [2.05, 4.69) is 66.4 Å². The summed E-state index contributed by atoms with van der Waals surface area (Å²) in [5.41, 5.74) is 0. The molecule has 0 amide bonds. The fourth-order valence-electron chi connectivity index (χ4n) is 2.64. The van der Waals surface area contributed by atoms with Gasteiger partial charge in [-0.2, -0.15) is 0 Å². The van der Waals surface area contributed by atoms with Gasteiger partial charge in [0.2, 0.25) is 0 Å². The fourth-order valence-corrected chi connectivity index (χ4v) is 7.23. The average molecular weight is 225 g/mol. The maximum Gasteiger partial charge on any atom is 0.0761 e. The summed E-state index contributed by atoms with van der Waals surface area (Å²) in [7, 11) is -1.09. The first kappa shape index (κ1) is 13.0. The Hall–Kier alpha value is -0.0900. The Morgan fingerprint density at radius 1 is 1.00 bits per heavy atom. The molecule has 0 heterocycles. The van der Waals surface area contributed by atoms with Gasteiger partial charge < -0.3 is 0 Å². The third kappa shape index (κ3) is 2.07. The molecule has 0 saturated heterocycles. The van der Waals surface area contributed by atoms with Gasteiger partial charge in [0.25, 0.3) is 0 Å². The fraction of sp³-hybridized carbons (Fsp3) is 0.714. The molecule has 0 atom stereocenters. The molecule has 1 aliphatic rings. The van der Waals surface area contributed by atoms with E-state index in [-0.39, 0.29) is 0 Å². The van der Waals surface area contributed by atoms with E-state index in [4.69, 9.17) is 0 Å². The van der Waals surface area contributed by atoms with Gasteiger partial charge in [-0.1, -0.05) is 12.2 Å². The summed E-state index contributed by atoms with van der Waals surface area (Å²) in [4.78, 5) is 0. The quantitative estimate of drug-likeness (QED) is 0.546. The molecule has 0 saturated carbocycles. The Bertz CT molecular complexity index is 280. The van der Waals surface area contributed by atoms with Crippen molar-refractivity contribution in [3.63, 3.8) is 0 Å². The van der Waals surface area contributed by atoms with Gasteiger partial charge in [0.05, 0.1) is 29.6 Å². The van der Waals surface area contributed by atoms with Gasteiger partial charge in [-0.25, -0.2) is 0 Å². The molecule has 0 radical (unpaired) electrons. The molecule has 86 valence electrons. The highest BCUT2D eigenvalue weighted by atomic mass is 31.2. The van der Waals surface area contributed by atoms with Gasteiger partial charge in [-0.3, -0.25) is 0 Å². The molecular weight excluding hydrogens is 199 g/mol. The van der Waals surface area contributed by atoms with Crippen LogP contribution in [0.1, 0.15) is 48.0 Å². The summed E-state index contributed by atoms with van der Waals surface area (Å²) in [5, 5.41) is 2.51. The normalized spacial score (nSPS) is 18.2. The van der Waals surface area contributed by atoms with E-state index in [9.17, 15) is 0 Å². The van der Waals surface area contributed by atoms with Gasteiger partial charge in [0.1, 0.15) is 0 Å². The van der Waals surface area contributed by atoms with Gasteiger partial charge in [0, 0.05) is 6.42 Å². The molecule has 0 nitrogen and oxygen atoms in total. The van der Waals surface area contributed by atoms with Crippen LogP contribution in [0.3, 0.4) is 0 Å². The second-order valence-corrected chi connectivity index (χ2v) is 11.9. The van der Waals surface area contributed by atoms with Crippen molar-refractivity contribution in [2.75, 3.05) is 6.66 Å². The van der Waals surface area contributed by atoms with Crippen molar-refractivity contribution in [1.82, 2.24) is 0 Å². The number of allylic oxidation sites excluding steroid dienone is 4. The summed E-state index contributed by atoms with van der Waals surface area (Å²) in [6, 6.07) is 0. The van der Waals surface area contributed by atoms with Crippen molar-refractivity contribution in [3.8, 4) is 0 Å². The van der Waals surface area contributed by atoms with Crippen LogP contribution in [-0.2, 0) is 0 Å². The van der Waals surface area contributed by atoms with Gasteiger partial charge in [0.15, 0.2) is 0 Å². The van der Waals surface area contributed by atoms with E-state index in [1.165, 1.54) is 6.42 Å². The van der Waals surface area contributed by atoms with Crippen LogP contribution in [-0.4, -0.2) is 17.0 Å². The van der Waals surface area contributed by atoms with Crippen LogP contribution < -0.4 is 0 Å². The zero-order chi connectivity index (χ0) is 11.9. The van der Waals surface area contributed by atoms with Crippen molar-refractivity contribution in [3.05, 3.63) is 23.5 Å². The number of hydrogen-bond donors (Lipinski definition) is 0. The molecular formula is C14H26P+. The van der Waals surface area contributed by atoms with Crippen LogP contribution in [0.4, 0.5) is 0 Å². The summed E-state index contributed by atoms with van der Waals surface area (Å²) < 4.78 is 0. The summed E-state index contributed by atoms with van der Waals surface area (Å²) >= 11 is 0. The van der Waals surface area contributed by atoms with E-state index in [1.54, 1.807) is 5.31 Å². The highest BCUT2D eigenvalue weighted by molar-refractivity contribution is 7.81. The average Bonchev–Trinajstić information content (AvgIpc) is 2.49. The summed E-state index contributed by atoms with van der Waals surface area (Å²) in [6.45, 7) is 17.0. The minimum atomic E-state index is -1.09. The van der Waals surface area contributed by atoms with E-state index >= 15 is 0 Å². The molecule has 0 fully saturated rings. The van der Waals surface area contributed by atoms with Crippen molar-refractivity contribution >= 4 is 7.26 Å². The maximum atomic E-state index is 2.53. The molecule has 1 heteroatoms. The van der Waals surface area contributed by atoms with Gasteiger partial charge in [-0.15, -0.1) is 0 Å². The molecule has 0 bridgehead atoms. The third-order valence-corrected chi connectivity index (χ3v) is 10.9. The molecule has 0 spiro atoms. The highest BCUT2D eigenvalue weighted by Gasteiger charge is 2.56. The molecule has 0 aliphatic heterocycles. The van der Waals surface area contributed by atoms with Crippen molar-refractivity contribution < 1.29 is 0 Å². The minimum absolute atomic E-state index is 0.406. The van der Waals surface area contributed by atoms with E-state index < -0.39 is 7.26 Å². The largest absolute Gasteiger partial charge is 0.0767 e. The second-order valence-electron chi connectivity index (χ2n) is 6.64. The standard InChI is InChI=1S/C14H26P/c1-13(2,3)15(7,14(4,5)6)12-10-8-9-11-12/h8-10H,11H2,1-7H3/q+1. The van der Waals surface area contributed by atoms with Crippen molar-refractivity contribution in [2.45, 2.75) is 58.3 Å². The van der Waals surface area contributed by atoms with E-state index in [1.807, 2.05) is 0 Å². The molecule has 15 heavy (non-hydrogen) atoms. The molecule has 0 unspecified atom stereocenters. The number of hydrogen-bond acceptors (Lipinski definition) is 0. The Kier molecular flexibility index (Phi) is 3.23. The third-order valence-electron chi connectivity index (χ3n) is 4.01. The summed E-state index contributed by atoms with van der Waals surface area (Å²) in [5.74, 6) is 0. The lowest BCUT2D eigenvalue weighted by Crippen LogP contribution is -2.33. The lowest BCUT2D eigenvalue weighted by molar-refractivity contribution is 0.694. The van der Waals surface area contributed by atoms with Crippen LogP contribution in [0.2, 0.25) is 0 Å². The number of rotatable bonds is 1. The molecule has 0 aromatic carbocycles. The Labute approximate surface area is 96.2 Å². The van der Waals surface area contributed by atoms with E-state index in [0.717, 1.165) is 0 Å². The lowest BCUT2D eigenvalue weighted by atomic mass is 10.2. The molecule has 0 aromatic heterocycles. The Morgan fingerprint density at radius 2 is 1.47 bits per heavy atom. The second kappa shape index (κ2) is 3.74. The smallest absolute Gasteiger partial charge is 0.0761 e. The zero-order valence-electron chi connectivity index (χ0n) is 11.4. The van der Waals surface area contributed by atoms with Crippen LogP contribution >= 0.6 is 7.26 Å². The van der Waals surface area contributed by atoms with Crippen LogP contribution in [0.25, 0.3) is 0 Å². The van der Waals surface area contributed by atoms with Crippen molar-refractivity contribution in [2.24, 2.45) is 0 Å². The van der Waals surface area contributed by atoms with Crippen LogP contribution in [0.15, 0.2) is 23.5 Å². The predicted molar refractivity (Wildman–Crippen MR) is 74.2 cm³/mol. The highest BCUT2D eigenvalue weighted by Crippen LogP contribution is 2.80. The first-order chi connectivity index (χ1) is 6.61. The Morgan fingerprint density at radius 3 is 1.73 bits per heavy atom. The Balaban J connectivity index is 3.20. The van der Waals surface area contributed by atoms with Gasteiger partial charge >= 0.3 is 0 Å². The van der Waals surface area contributed by atoms with Crippen molar-refractivity contribution in [1.29, 1.82) is 0 Å². The first-order valence-corrected chi connectivity index (χ1v) is 8.07. The first-order valence-electron chi connectivity index (χ1n) is 5.84. The monoisotopic (exact) mass is 225 g/mol. The molecule has 1 aliphatic carbocycles.